The zero-order chi connectivity index (χ0) is 17.0. The minimum Gasteiger partial charge on any atom is -0.479 e. The van der Waals surface area contributed by atoms with Crippen molar-refractivity contribution in [3.8, 4) is 0 Å². The largest absolute Gasteiger partial charge is 0.479 e. The first-order valence-corrected chi connectivity index (χ1v) is 8.61. The lowest BCUT2D eigenvalue weighted by atomic mass is 9.87. The van der Waals surface area contributed by atoms with Gasteiger partial charge in [0.1, 0.15) is 11.4 Å². The lowest BCUT2D eigenvalue weighted by Gasteiger charge is -2.39. The molecule has 130 valence electrons. The van der Waals surface area contributed by atoms with Crippen LogP contribution in [-0.2, 0) is 23.3 Å². The summed E-state index contributed by atoms with van der Waals surface area (Å²) in [5.74, 6) is 0.269. The third kappa shape index (κ3) is 3.36. The molecular formula is C17H25N5O2. The van der Waals surface area contributed by atoms with E-state index in [1.807, 2.05) is 6.20 Å². The van der Waals surface area contributed by atoms with E-state index in [-0.39, 0.29) is 0 Å². The highest BCUT2D eigenvalue weighted by Crippen LogP contribution is 2.31. The summed E-state index contributed by atoms with van der Waals surface area (Å²) in [4.78, 5) is 26.0. The van der Waals surface area contributed by atoms with Crippen LogP contribution >= 0.6 is 0 Å². The number of hydrogen-bond acceptors (Lipinski definition) is 4. The number of aryl methyl sites for hydroxylation is 1. The van der Waals surface area contributed by atoms with E-state index >= 15 is 0 Å². The number of carbonyl (C=O) groups is 1. The van der Waals surface area contributed by atoms with Gasteiger partial charge < -0.3 is 14.7 Å². The number of likely N-dealkylation sites (tertiary alicyclic amines) is 1. The number of piperidine rings is 1. The second-order valence-corrected chi connectivity index (χ2v) is 6.54. The molecule has 0 saturated carbocycles. The molecule has 3 heterocycles. The van der Waals surface area contributed by atoms with Crippen LogP contribution < -0.4 is 0 Å². The van der Waals surface area contributed by atoms with Gasteiger partial charge in [-0.15, -0.1) is 0 Å². The van der Waals surface area contributed by atoms with Crippen LogP contribution in [0.3, 0.4) is 0 Å². The molecule has 0 atom stereocenters. The summed E-state index contributed by atoms with van der Waals surface area (Å²) in [6, 6.07) is 0. The molecule has 24 heavy (non-hydrogen) atoms. The molecule has 1 saturated heterocycles. The third-order valence-corrected chi connectivity index (χ3v) is 4.92. The fourth-order valence-electron chi connectivity index (χ4n) is 3.37. The smallest absolute Gasteiger partial charge is 0.330 e. The van der Waals surface area contributed by atoms with Crippen LogP contribution in [0.2, 0.25) is 0 Å². The summed E-state index contributed by atoms with van der Waals surface area (Å²) in [6.07, 6.45) is 11.3. The number of imidazole rings is 2. The van der Waals surface area contributed by atoms with Gasteiger partial charge in [0.25, 0.3) is 0 Å². The second-order valence-electron chi connectivity index (χ2n) is 6.54. The highest BCUT2D eigenvalue weighted by atomic mass is 16.4. The summed E-state index contributed by atoms with van der Waals surface area (Å²) in [5.41, 5.74) is 0.236. The van der Waals surface area contributed by atoms with Crippen molar-refractivity contribution in [2.75, 3.05) is 13.1 Å². The number of H-pyrrole nitrogens is 1. The first-order chi connectivity index (χ1) is 11.6. The number of hydrogen-bond donors (Lipinski definition) is 2. The maximum Gasteiger partial charge on any atom is 0.330 e. The highest BCUT2D eigenvalue weighted by molar-refractivity contribution is 5.77. The van der Waals surface area contributed by atoms with E-state index < -0.39 is 11.5 Å². The molecule has 0 aliphatic carbocycles. The Kier molecular flexibility index (Phi) is 4.99. The molecule has 2 N–H and O–H groups in total. The van der Waals surface area contributed by atoms with E-state index in [9.17, 15) is 9.90 Å². The molecule has 2 aromatic rings. The number of nitrogens with zero attached hydrogens (tertiary/aromatic N) is 4. The minimum absolute atomic E-state index is 0.579. The van der Waals surface area contributed by atoms with Crippen molar-refractivity contribution >= 4 is 5.97 Å². The molecule has 0 radical (unpaired) electrons. The van der Waals surface area contributed by atoms with Gasteiger partial charge in [-0.1, -0.05) is 13.3 Å². The molecular weight excluding hydrogens is 306 g/mol. The Morgan fingerprint density at radius 1 is 1.42 bits per heavy atom. The SMILES string of the molecule is CCCCc1ncc(CN2CCC(C(=O)O)(n3ccnc3)CC2)[nH]1. The lowest BCUT2D eigenvalue weighted by molar-refractivity contribution is -0.150. The van der Waals surface area contributed by atoms with E-state index in [0.29, 0.717) is 12.8 Å². The first kappa shape index (κ1) is 16.7. The predicted octanol–water partition coefficient (Wildman–Crippen LogP) is 2.02. The summed E-state index contributed by atoms with van der Waals surface area (Å²) < 4.78 is 1.74. The average Bonchev–Trinajstić information content (AvgIpc) is 3.25. The molecule has 2 aromatic heterocycles. The van der Waals surface area contributed by atoms with Gasteiger partial charge in [-0.2, -0.15) is 0 Å². The van der Waals surface area contributed by atoms with E-state index in [1.165, 1.54) is 0 Å². The van der Waals surface area contributed by atoms with Crippen LogP contribution in [-0.4, -0.2) is 48.6 Å². The van der Waals surface area contributed by atoms with Crippen molar-refractivity contribution in [1.29, 1.82) is 0 Å². The molecule has 0 spiro atoms. The summed E-state index contributed by atoms with van der Waals surface area (Å²) in [5, 5.41) is 9.74. The minimum atomic E-state index is -0.868. The van der Waals surface area contributed by atoms with Crippen molar-refractivity contribution in [2.24, 2.45) is 0 Å². The molecule has 0 bridgehead atoms. The number of carboxylic acids is 1. The molecule has 7 nitrogen and oxygen atoms in total. The molecule has 0 aromatic carbocycles. The molecule has 1 aliphatic heterocycles. The summed E-state index contributed by atoms with van der Waals surface area (Å²) in [6.45, 7) is 4.45. The number of aromatic nitrogens is 4. The zero-order valence-corrected chi connectivity index (χ0v) is 14.1. The van der Waals surface area contributed by atoms with Crippen molar-refractivity contribution in [3.05, 3.63) is 36.4 Å². The average molecular weight is 331 g/mol. The molecule has 1 fully saturated rings. The van der Waals surface area contributed by atoms with Crippen LogP contribution in [0.4, 0.5) is 0 Å². The fraction of sp³-hybridized carbons (Fsp3) is 0.588. The Balaban J connectivity index is 1.60. The monoisotopic (exact) mass is 331 g/mol. The van der Waals surface area contributed by atoms with E-state index in [1.54, 1.807) is 23.3 Å². The number of carboxylic acid groups (broad SMARTS) is 1. The van der Waals surface area contributed by atoms with Gasteiger partial charge in [-0.25, -0.2) is 14.8 Å². The third-order valence-electron chi connectivity index (χ3n) is 4.92. The van der Waals surface area contributed by atoms with Gasteiger partial charge in [-0.3, -0.25) is 4.90 Å². The number of nitrogens with one attached hydrogen (secondary N) is 1. The Hall–Kier alpha value is -2.15. The van der Waals surface area contributed by atoms with Gasteiger partial charge >= 0.3 is 5.97 Å². The second kappa shape index (κ2) is 7.17. The predicted molar refractivity (Wildman–Crippen MR) is 89.5 cm³/mol. The quantitative estimate of drug-likeness (QED) is 0.810. The van der Waals surface area contributed by atoms with Crippen molar-refractivity contribution in [1.82, 2.24) is 24.4 Å². The van der Waals surface area contributed by atoms with Gasteiger partial charge in [0.05, 0.1) is 6.33 Å². The van der Waals surface area contributed by atoms with Crippen LogP contribution in [0.1, 0.15) is 44.1 Å². The highest BCUT2D eigenvalue weighted by Gasteiger charge is 2.43. The maximum atomic E-state index is 11.9. The number of unbranched alkanes of at least 4 members (excludes halogenated alkanes) is 1. The number of rotatable bonds is 7. The van der Waals surface area contributed by atoms with Gasteiger partial charge in [0.2, 0.25) is 0 Å². The summed E-state index contributed by atoms with van der Waals surface area (Å²) >= 11 is 0. The molecule has 1 aliphatic rings. The number of aromatic amines is 1. The summed E-state index contributed by atoms with van der Waals surface area (Å²) in [7, 11) is 0. The zero-order valence-electron chi connectivity index (χ0n) is 14.1. The number of aliphatic carboxylic acids is 1. The van der Waals surface area contributed by atoms with Crippen LogP contribution in [0.15, 0.2) is 24.9 Å². The Morgan fingerprint density at radius 3 is 2.83 bits per heavy atom. The standard InChI is InChI=1S/C17H25N5O2/c1-2-3-4-15-19-11-14(20-15)12-21-8-5-17(6-9-21,16(23)24)22-10-7-18-13-22/h7,10-11,13H,2-6,8-9,12H2,1H3,(H,19,20)(H,23,24). The van der Waals surface area contributed by atoms with Crippen LogP contribution in [0, 0.1) is 0 Å². The molecule has 7 heteroatoms. The molecule has 0 unspecified atom stereocenters. The van der Waals surface area contributed by atoms with Gasteiger partial charge in [0, 0.05) is 50.3 Å². The van der Waals surface area contributed by atoms with Gasteiger partial charge in [-0.05, 0) is 19.3 Å². The van der Waals surface area contributed by atoms with Crippen LogP contribution in [0.25, 0.3) is 0 Å². The Morgan fingerprint density at radius 2 is 2.21 bits per heavy atom. The molecule has 0 amide bonds. The first-order valence-electron chi connectivity index (χ1n) is 8.61. The Labute approximate surface area is 141 Å². The van der Waals surface area contributed by atoms with E-state index in [4.69, 9.17) is 0 Å². The fourth-order valence-corrected chi connectivity index (χ4v) is 3.37. The maximum absolute atomic E-state index is 11.9. The topological polar surface area (TPSA) is 87.0 Å². The van der Waals surface area contributed by atoms with E-state index in [0.717, 1.165) is 50.4 Å². The lowest BCUT2D eigenvalue weighted by Crippen LogP contribution is -2.50. The molecule has 3 rings (SSSR count). The van der Waals surface area contributed by atoms with Crippen LogP contribution in [0.5, 0.6) is 0 Å². The van der Waals surface area contributed by atoms with Crippen molar-refractivity contribution < 1.29 is 9.90 Å². The van der Waals surface area contributed by atoms with Crippen molar-refractivity contribution in [2.45, 2.75) is 51.1 Å². The van der Waals surface area contributed by atoms with E-state index in [2.05, 4.69) is 26.8 Å². The van der Waals surface area contributed by atoms with Gasteiger partial charge in [0.15, 0.2) is 0 Å². The van der Waals surface area contributed by atoms with Crippen molar-refractivity contribution in [3.63, 3.8) is 0 Å². The normalized spacial score (nSPS) is 17.9. The Bertz CT molecular complexity index is 656.